The van der Waals surface area contributed by atoms with Crippen LogP contribution < -0.4 is 0 Å². The fourth-order valence-corrected chi connectivity index (χ4v) is 2.68. The van der Waals surface area contributed by atoms with Crippen molar-refractivity contribution in [2.75, 3.05) is 19.6 Å². The SMILES string of the molecule is CC1(C)CCCN(C(=O)N(CCC(=O)O)C(C)(C)C)C1. The lowest BCUT2D eigenvalue weighted by atomic mass is 9.84. The summed E-state index contributed by atoms with van der Waals surface area (Å²) in [5, 5.41) is 8.85. The number of carbonyl (C=O) groups excluding carboxylic acids is 1. The molecule has 0 aliphatic carbocycles. The van der Waals surface area contributed by atoms with Gasteiger partial charge in [-0.15, -0.1) is 0 Å². The summed E-state index contributed by atoms with van der Waals surface area (Å²) >= 11 is 0. The minimum atomic E-state index is -0.869. The van der Waals surface area contributed by atoms with Gasteiger partial charge in [0.2, 0.25) is 0 Å². The van der Waals surface area contributed by atoms with Gasteiger partial charge in [-0.05, 0) is 39.0 Å². The molecule has 0 unspecified atom stereocenters. The molecule has 0 atom stereocenters. The van der Waals surface area contributed by atoms with Gasteiger partial charge in [0.25, 0.3) is 0 Å². The second-order valence-corrected chi connectivity index (χ2v) is 7.44. The first-order valence-electron chi connectivity index (χ1n) is 7.31. The quantitative estimate of drug-likeness (QED) is 0.867. The molecule has 0 saturated carbocycles. The van der Waals surface area contributed by atoms with E-state index in [4.69, 9.17) is 5.11 Å². The van der Waals surface area contributed by atoms with Gasteiger partial charge in [-0.3, -0.25) is 4.79 Å². The zero-order valence-electron chi connectivity index (χ0n) is 13.4. The van der Waals surface area contributed by atoms with Crippen molar-refractivity contribution in [2.24, 2.45) is 5.41 Å². The van der Waals surface area contributed by atoms with Crippen molar-refractivity contribution in [1.82, 2.24) is 9.80 Å². The van der Waals surface area contributed by atoms with E-state index in [9.17, 15) is 9.59 Å². The Hall–Kier alpha value is -1.26. The third kappa shape index (κ3) is 4.69. The molecule has 0 radical (unpaired) electrons. The molecule has 0 aromatic heterocycles. The summed E-state index contributed by atoms with van der Waals surface area (Å²) in [6, 6.07) is -0.0356. The highest BCUT2D eigenvalue weighted by Gasteiger charge is 2.35. The number of hydrogen-bond donors (Lipinski definition) is 1. The smallest absolute Gasteiger partial charge is 0.320 e. The maximum Gasteiger partial charge on any atom is 0.320 e. The van der Waals surface area contributed by atoms with E-state index in [-0.39, 0.29) is 30.0 Å². The molecule has 1 saturated heterocycles. The van der Waals surface area contributed by atoms with Crippen molar-refractivity contribution in [3.05, 3.63) is 0 Å². The number of aliphatic carboxylic acids is 1. The first kappa shape index (κ1) is 16.8. The van der Waals surface area contributed by atoms with E-state index in [1.807, 2.05) is 25.7 Å². The van der Waals surface area contributed by atoms with Crippen molar-refractivity contribution < 1.29 is 14.7 Å². The molecule has 2 amide bonds. The predicted molar refractivity (Wildman–Crippen MR) is 78.7 cm³/mol. The minimum absolute atomic E-state index is 0.0136. The average molecular weight is 284 g/mol. The number of rotatable bonds is 3. The van der Waals surface area contributed by atoms with E-state index in [2.05, 4.69) is 13.8 Å². The van der Waals surface area contributed by atoms with E-state index < -0.39 is 5.97 Å². The number of carbonyl (C=O) groups is 2. The maximum absolute atomic E-state index is 12.7. The molecule has 0 aromatic rings. The summed E-state index contributed by atoms with van der Waals surface area (Å²) < 4.78 is 0. The molecule has 1 rings (SSSR count). The van der Waals surface area contributed by atoms with E-state index in [0.717, 1.165) is 25.9 Å². The maximum atomic E-state index is 12.7. The first-order valence-corrected chi connectivity index (χ1v) is 7.31. The summed E-state index contributed by atoms with van der Waals surface area (Å²) in [7, 11) is 0. The number of carboxylic acids is 1. The highest BCUT2D eigenvalue weighted by molar-refractivity contribution is 5.76. The fourth-order valence-electron chi connectivity index (χ4n) is 2.68. The second-order valence-electron chi connectivity index (χ2n) is 7.44. The van der Waals surface area contributed by atoms with E-state index in [1.54, 1.807) is 4.90 Å². The van der Waals surface area contributed by atoms with E-state index >= 15 is 0 Å². The lowest BCUT2D eigenvalue weighted by molar-refractivity contribution is -0.137. The Bertz CT molecular complexity index is 372. The number of likely N-dealkylation sites (tertiary alicyclic amines) is 1. The molecule has 0 bridgehead atoms. The normalized spacial score (nSPS) is 18.8. The van der Waals surface area contributed by atoms with Gasteiger partial charge in [-0.2, -0.15) is 0 Å². The largest absolute Gasteiger partial charge is 0.481 e. The van der Waals surface area contributed by atoms with Gasteiger partial charge < -0.3 is 14.9 Å². The summed E-state index contributed by atoms with van der Waals surface area (Å²) in [6.07, 6.45) is 2.12. The molecular formula is C15H28N2O3. The first-order chi connectivity index (χ1) is 9.03. The number of carboxylic acid groups (broad SMARTS) is 1. The lowest BCUT2D eigenvalue weighted by Gasteiger charge is -2.44. The summed E-state index contributed by atoms with van der Waals surface area (Å²) in [4.78, 5) is 27.0. The second kappa shape index (κ2) is 6.02. The van der Waals surface area contributed by atoms with Crippen LogP contribution in [-0.4, -0.2) is 52.1 Å². The Kier molecular flexibility index (Phi) is 5.05. The van der Waals surface area contributed by atoms with Crippen LogP contribution in [0.1, 0.15) is 53.9 Å². The predicted octanol–water partition coefficient (Wildman–Crippen LogP) is 2.80. The zero-order chi connectivity index (χ0) is 15.6. The zero-order valence-corrected chi connectivity index (χ0v) is 13.4. The van der Waals surface area contributed by atoms with Crippen molar-refractivity contribution in [2.45, 2.75) is 59.4 Å². The molecular weight excluding hydrogens is 256 g/mol. The molecule has 1 heterocycles. The van der Waals surface area contributed by atoms with Crippen molar-refractivity contribution in [3.8, 4) is 0 Å². The van der Waals surface area contributed by atoms with Gasteiger partial charge in [-0.1, -0.05) is 13.8 Å². The Labute approximate surface area is 121 Å². The Morgan fingerprint density at radius 2 is 1.90 bits per heavy atom. The number of amides is 2. The molecule has 0 spiro atoms. The number of urea groups is 1. The van der Waals surface area contributed by atoms with Crippen molar-refractivity contribution in [3.63, 3.8) is 0 Å². The van der Waals surface area contributed by atoms with Crippen LogP contribution in [0, 0.1) is 5.41 Å². The van der Waals surface area contributed by atoms with E-state index in [0.29, 0.717) is 0 Å². The van der Waals surface area contributed by atoms with Crippen LogP contribution in [0.15, 0.2) is 0 Å². The van der Waals surface area contributed by atoms with Crippen LogP contribution in [0.2, 0.25) is 0 Å². The average Bonchev–Trinajstić information content (AvgIpc) is 2.25. The molecule has 116 valence electrons. The van der Waals surface area contributed by atoms with Gasteiger partial charge in [0.15, 0.2) is 0 Å². The molecule has 1 fully saturated rings. The van der Waals surface area contributed by atoms with E-state index in [1.165, 1.54) is 0 Å². The van der Waals surface area contributed by atoms with Crippen LogP contribution >= 0.6 is 0 Å². The summed E-state index contributed by atoms with van der Waals surface area (Å²) in [5.41, 5.74) is -0.224. The van der Waals surface area contributed by atoms with Crippen LogP contribution in [0.3, 0.4) is 0 Å². The molecule has 5 nitrogen and oxygen atoms in total. The monoisotopic (exact) mass is 284 g/mol. The Balaban J connectivity index is 2.79. The Morgan fingerprint density at radius 1 is 1.30 bits per heavy atom. The minimum Gasteiger partial charge on any atom is -0.481 e. The molecule has 20 heavy (non-hydrogen) atoms. The van der Waals surface area contributed by atoms with Crippen LogP contribution in [-0.2, 0) is 4.79 Å². The number of nitrogens with zero attached hydrogens (tertiary/aromatic N) is 2. The fraction of sp³-hybridized carbons (Fsp3) is 0.867. The Morgan fingerprint density at radius 3 is 2.35 bits per heavy atom. The van der Waals surface area contributed by atoms with Gasteiger partial charge in [0.05, 0.1) is 6.42 Å². The van der Waals surface area contributed by atoms with Crippen LogP contribution in [0.4, 0.5) is 4.79 Å². The van der Waals surface area contributed by atoms with Crippen LogP contribution in [0.5, 0.6) is 0 Å². The standard InChI is InChI=1S/C15H28N2O3/c1-14(2,3)17(10-7-12(18)19)13(20)16-9-6-8-15(4,5)11-16/h6-11H2,1-5H3,(H,18,19). The van der Waals surface area contributed by atoms with Crippen molar-refractivity contribution >= 4 is 12.0 Å². The molecule has 1 N–H and O–H groups in total. The van der Waals surface area contributed by atoms with Gasteiger partial charge in [0.1, 0.15) is 0 Å². The van der Waals surface area contributed by atoms with Gasteiger partial charge in [-0.25, -0.2) is 4.79 Å². The third-order valence-corrected chi connectivity index (χ3v) is 3.76. The van der Waals surface area contributed by atoms with Gasteiger partial charge >= 0.3 is 12.0 Å². The van der Waals surface area contributed by atoms with Crippen LogP contribution in [0.25, 0.3) is 0 Å². The summed E-state index contributed by atoms with van der Waals surface area (Å²) in [6.45, 7) is 11.9. The van der Waals surface area contributed by atoms with Gasteiger partial charge in [0, 0.05) is 25.2 Å². The number of hydrogen-bond acceptors (Lipinski definition) is 2. The molecule has 5 heteroatoms. The highest BCUT2D eigenvalue weighted by Crippen LogP contribution is 2.30. The number of piperidine rings is 1. The third-order valence-electron chi connectivity index (χ3n) is 3.76. The molecule has 1 aliphatic heterocycles. The molecule has 0 aromatic carbocycles. The molecule has 1 aliphatic rings. The topological polar surface area (TPSA) is 60.9 Å². The summed E-state index contributed by atoms with van der Waals surface area (Å²) in [5.74, 6) is -0.869. The lowest BCUT2D eigenvalue weighted by Crippen LogP contribution is -2.55. The van der Waals surface area contributed by atoms with Crippen molar-refractivity contribution in [1.29, 1.82) is 0 Å². The highest BCUT2D eigenvalue weighted by atomic mass is 16.4.